The molecule has 0 aromatic heterocycles. The molecule has 0 saturated heterocycles. The van der Waals surface area contributed by atoms with Crippen LogP contribution in [0.15, 0.2) is 24.3 Å². The van der Waals surface area contributed by atoms with Crippen LogP contribution in [0.1, 0.15) is 76.2 Å². The number of hydrogen-bond donors (Lipinski definition) is 0. The van der Waals surface area contributed by atoms with Gasteiger partial charge in [-0.15, -0.1) is 0 Å². The molecule has 0 spiro atoms. The van der Waals surface area contributed by atoms with Crippen LogP contribution in [0.3, 0.4) is 0 Å². The molecule has 2 aliphatic carbocycles. The van der Waals surface area contributed by atoms with Crippen molar-refractivity contribution in [3.63, 3.8) is 0 Å². The molecule has 0 radical (unpaired) electrons. The van der Waals surface area contributed by atoms with E-state index in [1.54, 1.807) is 7.11 Å². The SMILES string of the molecule is CCC1CCC(C2CCC(c3ccc(OC)cc3)CC2)CC1. The van der Waals surface area contributed by atoms with Crippen LogP contribution >= 0.6 is 0 Å². The minimum Gasteiger partial charge on any atom is -0.497 e. The van der Waals surface area contributed by atoms with Crippen LogP contribution in [0, 0.1) is 17.8 Å². The van der Waals surface area contributed by atoms with E-state index < -0.39 is 0 Å². The third kappa shape index (κ3) is 3.67. The van der Waals surface area contributed by atoms with Crippen LogP contribution in [0.5, 0.6) is 5.75 Å². The van der Waals surface area contributed by atoms with Crippen LogP contribution < -0.4 is 4.74 Å². The normalized spacial score (nSPS) is 32.6. The highest BCUT2D eigenvalue weighted by Crippen LogP contribution is 2.44. The summed E-state index contributed by atoms with van der Waals surface area (Å²) in [5.41, 5.74) is 1.52. The summed E-state index contributed by atoms with van der Waals surface area (Å²) in [6, 6.07) is 8.79. The Hall–Kier alpha value is -0.980. The summed E-state index contributed by atoms with van der Waals surface area (Å²) < 4.78 is 5.27. The average Bonchev–Trinajstić information content (AvgIpc) is 2.62. The summed E-state index contributed by atoms with van der Waals surface area (Å²) in [6.07, 6.45) is 13.1. The Bertz CT molecular complexity index is 433. The van der Waals surface area contributed by atoms with Gasteiger partial charge >= 0.3 is 0 Å². The summed E-state index contributed by atoms with van der Waals surface area (Å²) >= 11 is 0. The Balaban J connectivity index is 1.49. The third-order valence-corrected chi connectivity index (χ3v) is 6.49. The molecule has 1 nitrogen and oxygen atoms in total. The fourth-order valence-electron chi connectivity index (χ4n) is 4.87. The third-order valence-electron chi connectivity index (χ3n) is 6.49. The average molecular weight is 300 g/mol. The first-order chi connectivity index (χ1) is 10.8. The maximum atomic E-state index is 5.27. The molecule has 1 aromatic carbocycles. The lowest BCUT2D eigenvalue weighted by molar-refractivity contribution is 0.158. The van der Waals surface area contributed by atoms with Crippen molar-refractivity contribution in [2.75, 3.05) is 7.11 Å². The predicted molar refractivity (Wildman–Crippen MR) is 93.4 cm³/mol. The van der Waals surface area contributed by atoms with Crippen molar-refractivity contribution >= 4 is 0 Å². The van der Waals surface area contributed by atoms with E-state index in [-0.39, 0.29) is 0 Å². The van der Waals surface area contributed by atoms with E-state index in [2.05, 4.69) is 31.2 Å². The highest BCUT2D eigenvalue weighted by Gasteiger charge is 2.30. The van der Waals surface area contributed by atoms with E-state index in [0.717, 1.165) is 29.4 Å². The molecule has 2 saturated carbocycles. The maximum absolute atomic E-state index is 5.27. The van der Waals surface area contributed by atoms with E-state index in [9.17, 15) is 0 Å². The number of hydrogen-bond acceptors (Lipinski definition) is 1. The standard InChI is InChI=1S/C21H32O/c1-3-16-4-6-17(7-5-16)18-8-10-19(11-9-18)20-12-14-21(22-2)15-13-20/h12-19H,3-11H2,1-2H3. The summed E-state index contributed by atoms with van der Waals surface area (Å²) in [7, 11) is 1.74. The lowest BCUT2D eigenvalue weighted by Crippen LogP contribution is -2.25. The summed E-state index contributed by atoms with van der Waals surface area (Å²) in [5, 5.41) is 0. The molecule has 0 N–H and O–H groups in total. The van der Waals surface area contributed by atoms with Crippen molar-refractivity contribution < 1.29 is 4.74 Å². The Kier molecular flexibility index (Phi) is 5.44. The highest BCUT2D eigenvalue weighted by atomic mass is 16.5. The molecule has 0 heterocycles. The van der Waals surface area contributed by atoms with Crippen LogP contribution in [-0.2, 0) is 0 Å². The van der Waals surface area contributed by atoms with Gasteiger partial charge in [0.25, 0.3) is 0 Å². The van der Waals surface area contributed by atoms with Gasteiger partial charge in [0.1, 0.15) is 5.75 Å². The van der Waals surface area contributed by atoms with E-state index in [1.165, 1.54) is 63.4 Å². The van der Waals surface area contributed by atoms with Crippen molar-refractivity contribution in [2.24, 2.45) is 17.8 Å². The van der Waals surface area contributed by atoms with Gasteiger partial charge in [-0.05, 0) is 79.9 Å². The van der Waals surface area contributed by atoms with Crippen molar-refractivity contribution in [3.05, 3.63) is 29.8 Å². The number of methoxy groups -OCH3 is 1. The van der Waals surface area contributed by atoms with Gasteiger partial charge in [0.05, 0.1) is 7.11 Å². The molecule has 22 heavy (non-hydrogen) atoms. The van der Waals surface area contributed by atoms with Crippen molar-refractivity contribution in [1.82, 2.24) is 0 Å². The van der Waals surface area contributed by atoms with Crippen LogP contribution in [0.25, 0.3) is 0 Å². The second kappa shape index (κ2) is 7.53. The van der Waals surface area contributed by atoms with Gasteiger partial charge in [-0.1, -0.05) is 38.3 Å². The molecule has 1 heteroatoms. The molecule has 0 atom stereocenters. The number of rotatable bonds is 4. The Morgan fingerprint density at radius 2 is 1.36 bits per heavy atom. The second-order valence-corrected chi connectivity index (χ2v) is 7.57. The maximum Gasteiger partial charge on any atom is 0.118 e. The van der Waals surface area contributed by atoms with Gasteiger partial charge in [-0.3, -0.25) is 0 Å². The van der Waals surface area contributed by atoms with Gasteiger partial charge in [-0.2, -0.15) is 0 Å². The fourth-order valence-corrected chi connectivity index (χ4v) is 4.87. The Morgan fingerprint density at radius 3 is 1.86 bits per heavy atom. The lowest BCUT2D eigenvalue weighted by Gasteiger charge is -2.38. The molecular weight excluding hydrogens is 268 g/mol. The van der Waals surface area contributed by atoms with E-state index in [1.807, 2.05) is 0 Å². The molecule has 0 aliphatic heterocycles. The Morgan fingerprint density at radius 1 is 0.818 bits per heavy atom. The zero-order valence-corrected chi connectivity index (χ0v) is 14.4. The zero-order chi connectivity index (χ0) is 15.4. The molecule has 0 bridgehead atoms. The molecule has 122 valence electrons. The predicted octanol–water partition coefficient (Wildman–Crippen LogP) is 6.19. The fraction of sp³-hybridized carbons (Fsp3) is 0.714. The second-order valence-electron chi connectivity index (χ2n) is 7.57. The van der Waals surface area contributed by atoms with Crippen LogP contribution in [0.2, 0.25) is 0 Å². The van der Waals surface area contributed by atoms with Crippen LogP contribution in [-0.4, -0.2) is 7.11 Å². The topological polar surface area (TPSA) is 9.23 Å². The van der Waals surface area contributed by atoms with Gasteiger partial charge in [0.2, 0.25) is 0 Å². The molecule has 1 aromatic rings. The molecular formula is C21H32O. The Labute approximate surface area is 136 Å². The highest BCUT2D eigenvalue weighted by molar-refractivity contribution is 5.29. The zero-order valence-electron chi connectivity index (χ0n) is 14.4. The minimum atomic E-state index is 0.786. The van der Waals surface area contributed by atoms with Gasteiger partial charge in [-0.25, -0.2) is 0 Å². The summed E-state index contributed by atoms with van der Waals surface area (Å²) in [6.45, 7) is 2.37. The molecule has 2 aliphatic rings. The van der Waals surface area contributed by atoms with Crippen LogP contribution in [0.4, 0.5) is 0 Å². The molecule has 0 unspecified atom stereocenters. The van der Waals surface area contributed by atoms with Crippen molar-refractivity contribution in [3.8, 4) is 5.75 Å². The first kappa shape index (κ1) is 15.9. The summed E-state index contributed by atoms with van der Waals surface area (Å²) in [5.74, 6) is 4.86. The first-order valence-electron chi connectivity index (χ1n) is 9.44. The van der Waals surface area contributed by atoms with Gasteiger partial charge in [0.15, 0.2) is 0 Å². The van der Waals surface area contributed by atoms with Gasteiger partial charge in [0, 0.05) is 0 Å². The lowest BCUT2D eigenvalue weighted by atomic mass is 9.68. The van der Waals surface area contributed by atoms with Gasteiger partial charge < -0.3 is 4.74 Å². The summed E-state index contributed by atoms with van der Waals surface area (Å²) in [4.78, 5) is 0. The van der Waals surface area contributed by atoms with Crippen molar-refractivity contribution in [2.45, 2.75) is 70.6 Å². The quantitative estimate of drug-likeness (QED) is 0.644. The minimum absolute atomic E-state index is 0.786. The van der Waals surface area contributed by atoms with Crippen molar-refractivity contribution in [1.29, 1.82) is 0 Å². The monoisotopic (exact) mass is 300 g/mol. The number of ether oxygens (including phenoxy) is 1. The molecule has 0 amide bonds. The largest absolute Gasteiger partial charge is 0.497 e. The molecule has 3 rings (SSSR count). The number of benzene rings is 1. The van der Waals surface area contributed by atoms with E-state index in [4.69, 9.17) is 4.74 Å². The molecule has 2 fully saturated rings. The van der Waals surface area contributed by atoms with E-state index in [0.29, 0.717) is 0 Å². The smallest absolute Gasteiger partial charge is 0.118 e. The first-order valence-corrected chi connectivity index (χ1v) is 9.44. The van der Waals surface area contributed by atoms with E-state index >= 15 is 0 Å².